The molecule has 0 bridgehead atoms. The number of halogens is 1. The molecule has 31 heavy (non-hydrogen) atoms. The summed E-state index contributed by atoms with van der Waals surface area (Å²) >= 11 is 0. The Bertz CT molecular complexity index is 866. The van der Waals surface area contributed by atoms with Gasteiger partial charge >= 0.3 is 5.97 Å². The van der Waals surface area contributed by atoms with Crippen molar-refractivity contribution in [3.8, 4) is 11.6 Å². The van der Waals surface area contributed by atoms with Gasteiger partial charge < -0.3 is 14.6 Å². The van der Waals surface area contributed by atoms with E-state index in [2.05, 4.69) is 9.97 Å². The smallest absolute Gasteiger partial charge is 0.304 e. The Morgan fingerprint density at radius 3 is 2.48 bits per heavy atom. The van der Waals surface area contributed by atoms with Crippen molar-refractivity contribution in [1.29, 1.82) is 0 Å². The Labute approximate surface area is 182 Å². The van der Waals surface area contributed by atoms with E-state index in [0.717, 1.165) is 42.7 Å². The molecule has 0 aliphatic heterocycles. The van der Waals surface area contributed by atoms with Crippen molar-refractivity contribution in [2.45, 2.75) is 63.2 Å². The highest BCUT2D eigenvalue weighted by atomic mass is 19.1. The molecule has 7 heteroatoms. The van der Waals surface area contributed by atoms with Gasteiger partial charge in [-0.25, -0.2) is 9.37 Å². The summed E-state index contributed by atoms with van der Waals surface area (Å²) in [5.41, 5.74) is 1.62. The van der Waals surface area contributed by atoms with E-state index in [-0.39, 0.29) is 18.2 Å². The molecule has 2 aromatic rings. The van der Waals surface area contributed by atoms with Crippen LogP contribution in [0.25, 0.3) is 0 Å². The molecule has 2 aliphatic carbocycles. The average molecular weight is 431 g/mol. The number of carbonyl (C=O) groups is 1. The Kier molecular flexibility index (Phi) is 8.20. The van der Waals surface area contributed by atoms with Gasteiger partial charge in [0.25, 0.3) is 0 Å². The van der Waals surface area contributed by atoms with Gasteiger partial charge in [0, 0.05) is 29.9 Å². The van der Waals surface area contributed by atoms with Gasteiger partial charge in [0.15, 0.2) is 0 Å². The van der Waals surface area contributed by atoms with Crippen LogP contribution in [-0.4, -0.2) is 35.3 Å². The summed E-state index contributed by atoms with van der Waals surface area (Å²) in [5, 5.41) is 8.89. The lowest BCUT2D eigenvalue weighted by molar-refractivity contribution is -0.137. The lowest BCUT2D eigenvalue weighted by atomic mass is 9.84. The van der Waals surface area contributed by atoms with Gasteiger partial charge in [0.05, 0.1) is 26.8 Å². The number of hydrogen-bond donors (Lipinski definition) is 1. The number of aromatic nitrogens is 2. The number of aliphatic carboxylic acids is 1. The van der Waals surface area contributed by atoms with E-state index >= 15 is 0 Å². The molecule has 0 amide bonds. The zero-order chi connectivity index (χ0) is 22.2. The van der Waals surface area contributed by atoms with Crippen molar-refractivity contribution in [2.75, 3.05) is 14.2 Å². The summed E-state index contributed by atoms with van der Waals surface area (Å²) in [6.45, 7) is 0. The maximum atomic E-state index is 13.6. The molecule has 0 radical (unpaired) electrons. The molecule has 1 N–H and O–H groups in total. The first kappa shape index (κ1) is 23.0. The molecule has 2 aromatic heterocycles. The van der Waals surface area contributed by atoms with Crippen LogP contribution in [0, 0.1) is 11.7 Å². The molecule has 2 saturated carbocycles. The normalized spacial score (nSPS) is 17.3. The molecule has 168 valence electrons. The van der Waals surface area contributed by atoms with Crippen LogP contribution in [0.4, 0.5) is 4.39 Å². The fourth-order valence-electron chi connectivity index (χ4n) is 4.23. The molecule has 0 aromatic carbocycles. The number of pyridine rings is 2. The van der Waals surface area contributed by atoms with Gasteiger partial charge in [-0.3, -0.25) is 9.78 Å². The predicted octanol–water partition coefficient (Wildman–Crippen LogP) is 5.34. The third-order valence-corrected chi connectivity index (χ3v) is 6.07. The van der Waals surface area contributed by atoms with Gasteiger partial charge in [-0.15, -0.1) is 0 Å². The zero-order valence-corrected chi connectivity index (χ0v) is 18.2. The topological polar surface area (TPSA) is 81.5 Å². The maximum absolute atomic E-state index is 13.6. The summed E-state index contributed by atoms with van der Waals surface area (Å²) in [7, 11) is 3.16. The number of ether oxygens (including phenoxy) is 2. The number of nitrogens with zero attached hydrogens (tertiary/aromatic N) is 2. The summed E-state index contributed by atoms with van der Waals surface area (Å²) in [4.78, 5) is 18.9. The Morgan fingerprint density at radius 2 is 1.87 bits per heavy atom. The quantitative estimate of drug-likeness (QED) is 0.639. The highest BCUT2D eigenvalue weighted by Gasteiger charge is 2.34. The van der Waals surface area contributed by atoms with Crippen LogP contribution < -0.4 is 9.47 Å². The van der Waals surface area contributed by atoms with Crippen LogP contribution in [0.5, 0.6) is 11.6 Å². The third kappa shape index (κ3) is 6.64. The van der Waals surface area contributed by atoms with E-state index in [9.17, 15) is 9.18 Å². The molecule has 1 unspecified atom stereocenters. The fourth-order valence-corrected chi connectivity index (χ4v) is 4.23. The highest BCUT2D eigenvalue weighted by Crippen LogP contribution is 2.44. The SMILES string of the molecule is COc1cc(C2CCCCC2)c(F)cn1.COc1ccnc(C(CC(=O)O)C2CC2)c1. The van der Waals surface area contributed by atoms with E-state index in [1.165, 1.54) is 25.5 Å². The number of methoxy groups -OCH3 is 2. The minimum Gasteiger partial charge on any atom is -0.497 e. The average Bonchev–Trinajstić information content (AvgIpc) is 3.64. The van der Waals surface area contributed by atoms with Crippen LogP contribution >= 0.6 is 0 Å². The Hall–Kier alpha value is -2.70. The largest absolute Gasteiger partial charge is 0.497 e. The second kappa shape index (κ2) is 11.1. The molecule has 6 nitrogen and oxygen atoms in total. The van der Waals surface area contributed by atoms with E-state index in [1.807, 2.05) is 6.07 Å². The molecule has 2 fully saturated rings. The first-order chi connectivity index (χ1) is 15.0. The summed E-state index contributed by atoms with van der Waals surface area (Å²) < 4.78 is 23.7. The minimum atomic E-state index is -0.762. The first-order valence-electron chi connectivity index (χ1n) is 10.9. The fraction of sp³-hybridized carbons (Fsp3) is 0.542. The first-order valence-corrected chi connectivity index (χ1v) is 10.9. The third-order valence-electron chi connectivity index (χ3n) is 6.07. The Balaban J connectivity index is 0.000000176. The maximum Gasteiger partial charge on any atom is 0.304 e. The van der Waals surface area contributed by atoms with E-state index < -0.39 is 5.97 Å². The minimum absolute atomic E-state index is 0.0348. The monoisotopic (exact) mass is 430 g/mol. The van der Waals surface area contributed by atoms with Crippen molar-refractivity contribution in [3.05, 3.63) is 47.7 Å². The molecular formula is C24H31FN2O4. The van der Waals surface area contributed by atoms with Gasteiger partial charge in [-0.2, -0.15) is 0 Å². The van der Waals surface area contributed by atoms with Crippen molar-refractivity contribution < 1.29 is 23.8 Å². The van der Waals surface area contributed by atoms with Crippen molar-refractivity contribution >= 4 is 5.97 Å². The van der Waals surface area contributed by atoms with Crippen LogP contribution in [0.1, 0.15) is 74.5 Å². The van der Waals surface area contributed by atoms with Crippen molar-refractivity contribution in [2.24, 2.45) is 5.92 Å². The highest BCUT2D eigenvalue weighted by molar-refractivity contribution is 5.68. The van der Waals surface area contributed by atoms with E-state index in [1.54, 1.807) is 32.5 Å². The molecule has 2 heterocycles. The Morgan fingerprint density at radius 1 is 1.13 bits per heavy atom. The van der Waals surface area contributed by atoms with Crippen LogP contribution in [0.2, 0.25) is 0 Å². The number of carboxylic acids is 1. The number of rotatable bonds is 7. The lowest BCUT2D eigenvalue weighted by Gasteiger charge is -2.22. The van der Waals surface area contributed by atoms with Gasteiger partial charge in [-0.1, -0.05) is 19.3 Å². The van der Waals surface area contributed by atoms with E-state index in [4.69, 9.17) is 14.6 Å². The second-order valence-corrected chi connectivity index (χ2v) is 8.25. The van der Waals surface area contributed by atoms with Crippen LogP contribution in [-0.2, 0) is 4.79 Å². The van der Waals surface area contributed by atoms with Crippen LogP contribution in [0.15, 0.2) is 30.6 Å². The second-order valence-electron chi connectivity index (χ2n) is 8.25. The molecule has 1 atom stereocenters. The standard InChI is InChI=1S/C12H16FNO.C12H15NO3/c1-15-12-7-10(11(13)8-14-12)9-5-3-2-4-6-9;1-16-9-4-5-13-11(6-9)10(7-12(14)15)8-2-3-8/h7-9H,2-6H2,1H3;4-6,8,10H,2-3,7H2,1H3,(H,14,15). The van der Waals surface area contributed by atoms with E-state index in [0.29, 0.717) is 17.7 Å². The van der Waals surface area contributed by atoms with Crippen LogP contribution in [0.3, 0.4) is 0 Å². The van der Waals surface area contributed by atoms with Gasteiger partial charge in [-0.05, 0) is 49.1 Å². The molecule has 2 aliphatic rings. The predicted molar refractivity (Wildman–Crippen MR) is 115 cm³/mol. The van der Waals surface area contributed by atoms with Crippen molar-refractivity contribution in [3.63, 3.8) is 0 Å². The number of hydrogen-bond acceptors (Lipinski definition) is 5. The summed E-state index contributed by atoms with van der Waals surface area (Å²) in [6.07, 6.45) is 11.2. The molecule has 4 rings (SSSR count). The number of carboxylic acid groups (broad SMARTS) is 1. The van der Waals surface area contributed by atoms with Crippen molar-refractivity contribution in [1.82, 2.24) is 9.97 Å². The summed E-state index contributed by atoms with van der Waals surface area (Å²) in [6, 6.07) is 5.35. The van der Waals surface area contributed by atoms with Gasteiger partial charge in [0.2, 0.25) is 5.88 Å². The molecular weight excluding hydrogens is 399 g/mol. The zero-order valence-electron chi connectivity index (χ0n) is 18.2. The molecule has 0 saturated heterocycles. The lowest BCUT2D eigenvalue weighted by Crippen LogP contribution is -2.10. The summed E-state index contributed by atoms with van der Waals surface area (Å²) in [5.74, 6) is 1.17. The van der Waals surface area contributed by atoms with Gasteiger partial charge in [0.1, 0.15) is 11.6 Å². The molecule has 0 spiro atoms.